The molecule has 2 aromatic carbocycles. The number of rotatable bonds is 6. The van der Waals surface area contributed by atoms with E-state index in [4.69, 9.17) is 27.9 Å². The average molecular weight is 411 g/mol. The van der Waals surface area contributed by atoms with Crippen LogP contribution in [0.15, 0.2) is 53.6 Å². The largest absolute Gasteiger partial charge is 0.494 e. The summed E-state index contributed by atoms with van der Waals surface area (Å²) in [7, 11) is 3.41. The van der Waals surface area contributed by atoms with Gasteiger partial charge in [0.1, 0.15) is 17.3 Å². The molecule has 0 radical (unpaired) electrons. The van der Waals surface area contributed by atoms with Gasteiger partial charge >= 0.3 is 0 Å². The lowest BCUT2D eigenvalue weighted by Crippen LogP contribution is -2.05. The number of nitrogens with one attached hydrogen (secondary N) is 1. The van der Waals surface area contributed by atoms with E-state index in [1.807, 2.05) is 41.5 Å². The van der Waals surface area contributed by atoms with Crippen LogP contribution in [-0.2, 0) is 6.54 Å². The van der Waals surface area contributed by atoms with E-state index in [0.29, 0.717) is 33.6 Å². The molecule has 0 aliphatic carbocycles. The van der Waals surface area contributed by atoms with Gasteiger partial charge in [0.15, 0.2) is 0 Å². The van der Waals surface area contributed by atoms with Gasteiger partial charge < -0.3 is 10.1 Å². The zero-order valence-corrected chi connectivity index (χ0v) is 16.6. The fourth-order valence-corrected chi connectivity index (χ4v) is 4.22. The standard InChI is InChI=1S/C19H17Cl2FN2OS/c1-23-10-12-11-24(26-14-6-3-5-13(20)9-14)18(19(12)25-2)17-15(21)7-4-8-16(17)22/h3-9,11,23H,10H2,1-2H3. The fraction of sp³-hybridized carbons (Fsp3) is 0.158. The monoisotopic (exact) mass is 410 g/mol. The van der Waals surface area contributed by atoms with Crippen LogP contribution in [0.3, 0.4) is 0 Å². The predicted molar refractivity (Wildman–Crippen MR) is 107 cm³/mol. The van der Waals surface area contributed by atoms with Crippen molar-refractivity contribution < 1.29 is 9.13 Å². The molecular weight excluding hydrogens is 394 g/mol. The molecule has 0 bridgehead atoms. The number of hydrogen-bond donors (Lipinski definition) is 1. The Balaban J connectivity index is 2.20. The predicted octanol–water partition coefficient (Wildman–Crippen LogP) is 5.88. The summed E-state index contributed by atoms with van der Waals surface area (Å²) in [6.45, 7) is 0.575. The van der Waals surface area contributed by atoms with Gasteiger partial charge in [-0.05, 0) is 49.3 Å². The molecule has 0 atom stereocenters. The second-order valence-electron chi connectivity index (χ2n) is 5.54. The third-order valence-electron chi connectivity index (χ3n) is 3.77. The van der Waals surface area contributed by atoms with Gasteiger partial charge in [-0.3, -0.25) is 3.97 Å². The van der Waals surface area contributed by atoms with Crippen LogP contribution in [0.2, 0.25) is 10.0 Å². The molecule has 0 aliphatic rings. The van der Waals surface area contributed by atoms with Gasteiger partial charge in [0, 0.05) is 28.2 Å². The molecule has 0 fully saturated rings. The zero-order chi connectivity index (χ0) is 18.7. The van der Waals surface area contributed by atoms with Crippen LogP contribution in [0.1, 0.15) is 5.56 Å². The Morgan fingerprint density at radius 1 is 1.19 bits per heavy atom. The minimum absolute atomic E-state index is 0.308. The molecule has 26 heavy (non-hydrogen) atoms. The van der Waals surface area contributed by atoms with E-state index in [1.54, 1.807) is 19.2 Å². The number of aromatic nitrogens is 1. The van der Waals surface area contributed by atoms with Gasteiger partial charge in [0.25, 0.3) is 0 Å². The Morgan fingerprint density at radius 2 is 1.96 bits per heavy atom. The zero-order valence-electron chi connectivity index (χ0n) is 14.2. The molecule has 1 aromatic heterocycles. The van der Waals surface area contributed by atoms with Crippen molar-refractivity contribution in [3.05, 3.63) is 70.1 Å². The Hall–Kier alpha value is -1.66. The van der Waals surface area contributed by atoms with E-state index in [0.717, 1.165) is 10.5 Å². The molecular formula is C19H17Cl2FN2OS. The first-order valence-corrected chi connectivity index (χ1v) is 9.39. The number of hydrogen-bond acceptors (Lipinski definition) is 3. The van der Waals surface area contributed by atoms with Crippen LogP contribution in [-0.4, -0.2) is 18.1 Å². The number of benzene rings is 2. The van der Waals surface area contributed by atoms with Gasteiger partial charge in [-0.15, -0.1) is 0 Å². The fourth-order valence-electron chi connectivity index (χ4n) is 2.72. The van der Waals surface area contributed by atoms with Crippen molar-refractivity contribution >= 4 is 35.1 Å². The van der Waals surface area contributed by atoms with E-state index in [1.165, 1.54) is 18.0 Å². The van der Waals surface area contributed by atoms with E-state index in [-0.39, 0.29) is 0 Å². The second-order valence-corrected chi connectivity index (χ2v) is 7.43. The Labute approximate surface area is 166 Å². The number of methoxy groups -OCH3 is 1. The third kappa shape index (κ3) is 3.86. The lowest BCUT2D eigenvalue weighted by Gasteiger charge is -2.13. The molecule has 7 heteroatoms. The summed E-state index contributed by atoms with van der Waals surface area (Å²) in [4.78, 5) is 0.917. The van der Waals surface area contributed by atoms with Crippen LogP contribution in [0.5, 0.6) is 5.75 Å². The van der Waals surface area contributed by atoms with Gasteiger partial charge in [-0.2, -0.15) is 0 Å². The molecule has 0 saturated heterocycles. The lowest BCUT2D eigenvalue weighted by atomic mass is 10.1. The molecule has 3 nitrogen and oxygen atoms in total. The molecule has 0 spiro atoms. The number of ether oxygens (including phenoxy) is 1. The Kier molecular flexibility index (Phi) is 6.14. The van der Waals surface area contributed by atoms with Crippen LogP contribution in [0.25, 0.3) is 11.3 Å². The van der Waals surface area contributed by atoms with Gasteiger partial charge in [0.05, 0.1) is 17.7 Å². The van der Waals surface area contributed by atoms with Crippen LogP contribution in [0.4, 0.5) is 4.39 Å². The van der Waals surface area contributed by atoms with Crippen molar-refractivity contribution in [3.8, 4) is 17.0 Å². The van der Waals surface area contributed by atoms with Gasteiger partial charge in [-0.1, -0.05) is 35.3 Å². The average Bonchev–Trinajstić information content (AvgIpc) is 2.92. The summed E-state index contributed by atoms with van der Waals surface area (Å²) in [5.41, 5.74) is 1.78. The first-order chi connectivity index (χ1) is 12.5. The molecule has 3 rings (SSSR count). The van der Waals surface area contributed by atoms with Crippen molar-refractivity contribution in [2.24, 2.45) is 0 Å². The summed E-state index contributed by atoms with van der Waals surface area (Å²) in [6.07, 6.45) is 1.92. The van der Waals surface area contributed by atoms with Crippen molar-refractivity contribution in [3.63, 3.8) is 0 Å². The first-order valence-electron chi connectivity index (χ1n) is 7.86. The maximum Gasteiger partial charge on any atom is 0.150 e. The Morgan fingerprint density at radius 3 is 2.62 bits per heavy atom. The number of halogens is 3. The van der Waals surface area contributed by atoms with E-state index in [2.05, 4.69) is 5.32 Å². The molecule has 0 saturated carbocycles. The summed E-state index contributed by atoms with van der Waals surface area (Å²) in [5, 5.41) is 4.06. The highest BCUT2D eigenvalue weighted by atomic mass is 35.5. The highest BCUT2D eigenvalue weighted by Gasteiger charge is 2.23. The van der Waals surface area contributed by atoms with Gasteiger partial charge in [-0.25, -0.2) is 4.39 Å². The number of nitrogens with zero attached hydrogens (tertiary/aromatic N) is 1. The second kappa shape index (κ2) is 8.35. The minimum Gasteiger partial charge on any atom is -0.494 e. The van der Waals surface area contributed by atoms with E-state index in [9.17, 15) is 4.39 Å². The van der Waals surface area contributed by atoms with Crippen LogP contribution < -0.4 is 10.1 Å². The molecule has 3 aromatic rings. The summed E-state index contributed by atoms with van der Waals surface area (Å²) in [5.74, 6) is 0.179. The van der Waals surface area contributed by atoms with Crippen LogP contribution >= 0.6 is 35.1 Å². The normalized spacial score (nSPS) is 11.0. The van der Waals surface area contributed by atoms with E-state index < -0.39 is 5.82 Å². The maximum absolute atomic E-state index is 14.6. The van der Waals surface area contributed by atoms with Gasteiger partial charge in [0.2, 0.25) is 0 Å². The highest BCUT2D eigenvalue weighted by molar-refractivity contribution is 7.98. The van der Waals surface area contributed by atoms with Crippen molar-refractivity contribution in [2.75, 3.05) is 14.2 Å². The van der Waals surface area contributed by atoms with E-state index >= 15 is 0 Å². The third-order valence-corrected chi connectivity index (χ3v) is 5.27. The maximum atomic E-state index is 14.6. The molecule has 0 aliphatic heterocycles. The topological polar surface area (TPSA) is 26.2 Å². The lowest BCUT2D eigenvalue weighted by molar-refractivity contribution is 0.411. The van der Waals surface area contributed by atoms with Crippen LogP contribution in [0, 0.1) is 5.82 Å². The summed E-state index contributed by atoms with van der Waals surface area (Å²) >= 11 is 13.8. The van der Waals surface area contributed by atoms with Crippen molar-refractivity contribution in [1.29, 1.82) is 0 Å². The first kappa shape index (κ1) is 19.1. The molecule has 1 heterocycles. The summed E-state index contributed by atoms with van der Waals surface area (Å²) < 4.78 is 22.1. The van der Waals surface area contributed by atoms with Crippen molar-refractivity contribution in [2.45, 2.75) is 11.4 Å². The SMILES string of the molecule is CNCc1cn(Sc2cccc(Cl)c2)c(-c2c(F)cccc2Cl)c1OC. The molecule has 0 amide bonds. The molecule has 136 valence electrons. The quantitative estimate of drug-likeness (QED) is 0.548. The summed E-state index contributed by atoms with van der Waals surface area (Å²) in [6, 6.07) is 12.1. The highest BCUT2D eigenvalue weighted by Crippen LogP contribution is 2.43. The molecule has 1 N–H and O–H groups in total. The molecule has 0 unspecified atom stereocenters. The smallest absolute Gasteiger partial charge is 0.150 e. The Bertz CT molecular complexity index is 910. The van der Waals surface area contributed by atoms with Crippen molar-refractivity contribution in [1.82, 2.24) is 9.29 Å². The minimum atomic E-state index is -0.405.